The summed E-state index contributed by atoms with van der Waals surface area (Å²) >= 11 is 0. The first-order valence-corrected chi connectivity index (χ1v) is 10.6. The summed E-state index contributed by atoms with van der Waals surface area (Å²) in [6.07, 6.45) is 0. The third-order valence-electron chi connectivity index (χ3n) is 1.81. The molecule has 0 aliphatic carbocycles. The van der Waals surface area contributed by atoms with Crippen LogP contribution in [0.5, 0.6) is 0 Å². The first kappa shape index (κ1) is 14.6. The van der Waals surface area contributed by atoms with Crippen LogP contribution < -0.4 is 0 Å². The van der Waals surface area contributed by atoms with Crippen LogP contribution >= 0.6 is 0 Å². The van der Waals surface area contributed by atoms with E-state index in [0.717, 1.165) is 0 Å². The van der Waals surface area contributed by atoms with E-state index in [4.69, 9.17) is 0 Å². The Morgan fingerprint density at radius 3 is 2.20 bits per heavy atom. The minimum Gasteiger partial charge on any atom is -0.465 e. The summed E-state index contributed by atoms with van der Waals surface area (Å²) in [5.41, 5.74) is 0. The lowest BCUT2D eigenvalue weighted by molar-refractivity contribution is -0.139. The highest BCUT2D eigenvalue weighted by Crippen LogP contribution is 2.10. The van der Waals surface area contributed by atoms with Crippen LogP contribution in [0.15, 0.2) is 0 Å². The predicted molar refractivity (Wildman–Crippen MR) is 63.4 cm³/mol. The highest BCUT2D eigenvalue weighted by Gasteiger charge is 2.21. The van der Waals surface area contributed by atoms with Gasteiger partial charge in [-0.1, -0.05) is 19.6 Å². The summed E-state index contributed by atoms with van der Waals surface area (Å²) in [6.45, 7) is 8.20. The highest BCUT2D eigenvalue weighted by atomic mass is 32.2. The SMILES string of the molecule is CCOC(=O)CS(=O)(=O)CC[Si](C)(C)C. The van der Waals surface area contributed by atoms with Crippen LogP contribution in [-0.2, 0) is 19.4 Å². The van der Waals surface area contributed by atoms with Gasteiger partial charge in [-0.3, -0.25) is 4.79 Å². The molecule has 4 nitrogen and oxygen atoms in total. The first-order chi connectivity index (χ1) is 6.66. The highest BCUT2D eigenvalue weighted by molar-refractivity contribution is 7.92. The third-order valence-corrected chi connectivity index (χ3v) is 5.42. The summed E-state index contributed by atoms with van der Waals surface area (Å²) < 4.78 is 27.6. The molecule has 0 saturated heterocycles. The van der Waals surface area contributed by atoms with E-state index in [1.165, 1.54) is 0 Å². The average Bonchev–Trinajstić information content (AvgIpc) is 1.99. The topological polar surface area (TPSA) is 60.4 Å². The molecule has 0 aromatic rings. The van der Waals surface area contributed by atoms with Crippen molar-refractivity contribution in [3.05, 3.63) is 0 Å². The summed E-state index contributed by atoms with van der Waals surface area (Å²) in [5.74, 6) is -1.03. The Morgan fingerprint density at radius 1 is 1.27 bits per heavy atom. The van der Waals surface area contributed by atoms with E-state index in [0.29, 0.717) is 6.04 Å². The second-order valence-corrected chi connectivity index (χ2v) is 12.5. The molecule has 6 heteroatoms. The molecule has 0 amide bonds. The van der Waals surface area contributed by atoms with Crippen molar-refractivity contribution in [3.8, 4) is 0 Å². The van der Waals surface area contributed by atoms with Crippen molar-refractivity contribution in [1.29, 1.82) is 0 Å². The van der Waals surface area contributed by atoms with Crippen molar-refractivity contribution >= 4 is 23.9 Å². The van der Waals surface area contributed by atoms with Gasteiger partial charge in [0.25, 0.3) is 0 Å². The molecule has 0 rings (SSSR count). The molecule has 0 atom stereocenters. The Hall–Kier alpha value is -0.363. The number of hydrogen-bond acceptors (Lipinski definition) is 4. The van der Waals surface area contributed by atoms with E-state index in [1.54, 1.807) is 6.92 Å². The normalized spacial score (nSPS) is 12.5. The number of hydrogen-bond donors (Lipinski definition) is 0. The number of sulfone groups is 1. The van der Waals surface area contributed by atoms with Gasteiger partial charge in [-0.25, -0.2) is 8.42 Å². The van der Waals surface area contributed by atoms with Gasteiger partial charge in [0.15, 0.2) is 9.84 Å². The molecule has 90 valence electrons. The van der Waals surface area contributed by atoms with E-state index in [9.17, 15) is 13.2 Å². The molecule has 0 aliphatic heterocycles. The molecule has 0 aromatic heterocycles. The smallest absolute Gasteiger partial charge is 0.321 e. The summed E-state index contributed by atoms with van der Waals surface area (Å²) in [6, 6.07) is 0.689. The zero-order valence-electron chi connectivity index (χ0n) is 9.87. The molecule has 0 spiro atoms. The first-order valence-electron chi connectivity index (χ1n) is 5.02. The Balaban J connectivity index is 4.15. The average molecular weight is 252 g/mol. The molecule has 0 unspecified atom stereocenters. The van der Waals surface area contributed by atoms with E-state index in [2.05, 4.69) is 24.4 Å². The van der Waals surface area contributed by atoms with Gasteiger partial charge in [-0.15, -0.1) is 0 Å². The van der Waals surface area contributed by atoms with Crippen LogP contribution in [0.3, 0.4) is 0 Å². The lowest BCUT2D eigenvalue weighted by atomic mass is 10.8. The molecule has 0 aromatic carbocycles. The van der Waals surface area contributed by atoms with Crippen LogP contribution in [-0.4, -0.2) is 40.6 Å². The lowest BCUT2D eigenvalue weighted by Crippen LogP contribution is -2.27. The monoisotopic (exact) mass is 252 g/mol. The number of esters is 1. The maximum Gasteiger partial charge on any atom is 0.321 e. The Kier molecular flexibility index (Phi) is 5.51. The lowest BCUT2D eigenvalue weighted by Gasteiger charge is -2.14. The van der Waals surface area contributed by atoms with Crippen molar-refractivity contribution in [2.75, 3.05) is 18.1 Å². The second-order valence-electron chi connectivity index (χ2n) is 4.71. The molecule has 0 aliphatic rings. The largest absolute Gasteiger partial charge is 0.465 e. The molecule has 0 N–H and O–H groups in total. The van der Waals surface area contributed by atoms with Crippen LogP contribution in [0.1, 0.15) is 6.92 Å². The van der Waals surface area contributed by atoms with Gasteiger partial charge in [-0.2, -0.15) is 0 Å². The molecular weight excluding hydrogens is 232 g/mol. The number of carbonyl (C=O) groups is 1. The quantitative estimate of drug-likeness (QED) is 0.528. The van der Waals surface area contributed by atoms with Gasteiger partial charge in [0.1, 0.15) is 5.75 Å². The van der Waals surface area contributed by atoms with Gasteiger partial charge < -0.3 is 4.74 Å². The number of rotatable bonds is 6. The van der Waals surface area contributed by atoms with Crippen LogP contribution in [0, 0.1) is 0 Å². The van der Waals surface area contributed by atoms with Gasteiger partial charge in [0, 0.05) is 13.8 Å². The maximum absolute atomic E-state index is 11.5. The molecular formula is C9H20O4SSi. The zero-order valence-corrected chi connectivity index (χ0v) is 11.7. The summed E-state index contributed by atoms with van der Waals surface area (Å²) in [5, 5.41) is 0. The molecule has 0 radical (unpaired) electrons. The predicted octanol–water partition coefficient (Wildman–Crippen LogP) is 1.30. The minimum absolute atomic E-state index is 0.0987. The van der Waals surface area contributed by atoms with Gasteiger partial charge >= 0.3 is 5.97 Å². The van der Waals surface area contributed by atoms with E-state index in [1.807, 2.05) is 0 Å². The van der Waals surface area contributed by atoms with Gasteiger partial charge in [-0.05, 0) is 13.0 Å². The summed E-state index contributed by atoms with van der Waals surface area (Å²) in [4.78, 5) is 11.0. The number of carbonyl (C=O) groups excluding carboxylic acids is 1. The van der Waals surface area contributed by atoms with Gasteiger partial charge in [0.05, 0.1) is 6.61 Å². The molecule has 15 heavy (non-hydrogen) atoms. The third kappa shape index (κ3) is 8.62. The number of ether oxygens (including phenoxy) is 1. The molecule has 0 bridgehead atoms. The second kappa shape index (κ2) is 5.65. The Bertz CT molecular complexity index is 303. The standard InChI is InChI=1S/C9H20O4SSi/c1-5-13-9(10)8-14(11,12)6-7-15(2,3)4/h5-8H2,1-4H3. The van der Waals surface area contributed by atoms with Gasteiger partial charge in [0.2, 0.25) is 0 Å². The van der Waals surface area contributed by atoms with Crippen LogP contribution in [0.25, 0.3) is 0 Å². The van der Waals surface area contributed by atoms with Crippen molar-refractivity contribution in [2.45, 2.75) is 32.6 Å². The summed E-state index contributed by atoms with van der Waals surface area (Å²) in [7, 11) is -4.64. The fraction of sp³-hybridized carbons (Fsp3) is 0.889. The fourth-order valence-electron chi connectivity index (χ4n) is 0.916. The molecule has 0 fully saturated rings. The Labute approximate surface area is 92.9 Å². The van der Waals surface area contributed by atoms with Crippen molar-refractivity contribution in [1.82, 2.24) is 0 Å². The minimum atomic E-state index is -3.28. The van der Waals surface area contributed by atoms with Crippen molar-refractivity contribution in [3.63, 3.8) is 0 Å². The van der Waals surface area contributed by atoms with Crippen molar-refractivity contribution in [2.24, 2.45) is 0 Å². The van der Waals surface area contributed by atoms with Crippen LogP contribution in [0.2, 0.25) is 25.7 Å². The molecule has 0 saturated carbocycles. The maximum atomic E-state index is 11.5. The zero-order chi connectivity index (χ0) is 12.1. The van der Waals surface area contributed by atoms with E-state index < -0.39 is 29.6 Å². The van der Waals surface area contributed by atoms with Crippen molar-refractivity contribution < 1.29 is 17.9 Å². The van der Waals surface area contributed by atoms with E-state index >= 15 is 0 Å². The fourth-order valence-corrected chi connectivity index (χ4v) is 5.20. The van der Waals surface area contributed by atoms with Crippen LogP contribution in [0.4, 0.5) is 0 Å². The Morgan fingerprint density at radius 2 is 1.80 bits per heavy atom. The van der Waals surface area contributed by atoms with E-state index in [-0.39, 0.29) is 12.4 Å². The molecule has 0 heterocycles.